The van der Waals surface area contributed by atoms with Gasteiger partial charge in [0.1, 0.15) is 0 Å². The second-order valence-electron chi connectivity index (χ2n) is 13.8. The summed E-state index contributed by atoms with van der Waals surface area (Å²) in [5, 5.41) is 0. The third-order valence-electron chi connectivity index (χ3n) is 8.68. The first-order valence-corrected chi connectivity index (χ1v) is 21.4. The molecule has 47 heavy (non-hydrogen) atoms. The molecule has 0 spiro atoms. The number of nitrogens with one attached hydrogen (secondary N) is 2. The van der Waals surface area contributed by atoms with Crippen LogP contribution in [0.2, 0.25) is 0 Å². The van der Waals surface area contributed by atoms with Gasteiger partial charge in [0.25, 0.3) is 10.2 Å². The molecule has 0 atom stereocenters. The fourth-order valence-corrected chi connectivity index (χ4v) is 6.80. The fraction of sp³-hybridized carbons (Fsp3) is 0.805. The molecule has 0 rings (SSSR count). The molecule has 2 N–H and O–H groups in total. The minimum absolute atomic E-state index is 0.0310. The highest BCUT2D eigenvalue weighted by atomic mass is 32.2. The van der Waals surface area contributed by atoms with E-state index in [1.807, 2.05) is 19.0 Å². The minimum atomic E-state index is -3.47. The van der Waals surface area contributed by atoms with Crippen LogP contribution in [0.15, 0.2) is 48.6 Å². The maximum Gasteiger partial charge on any atom is 0.277 e. The number of hydrogen-bond donors (Lipinski definition) is 2. The summed E-state index contributed by atoms with van der Waals surface area (Å²) in [6.45, 7) is 5.64. The quantitative estimate of drug-likeness (QED) is 0.0512. The van der Waals surface area contributed by atoms with E-state index >= 15 is 0 Å². The molecule has 0 heterocycles. The van der Waals surface area contributed by atoms with E-state index in [4.69, 9.17) is 0 Å². The van der Waals surface area contributed by atoms with Gasteiger partial charge in [-0.25, -0.2) is 4.72 Å². The molecule has 0 saturated carbocycles. The average Bonchev–Trinajstić information content (AvgIpc) is 3.03. The molecule has 6 heteroatoms. The van der Waals surface area contributed by atoms with Crippen LogP contribution in [-0.2, 0) is 10.2 Å². The lowest BCUT2D eigenvalue weighted by atomic mass is 10.0. The molecule has 0 amide bonds. The van der Waals surface area contributed by atoms with Gasteiger partial charge in [-0.05, 0) is 91.1 Å². The van der Waals surface area contributed by atoms with Gasteiger partial charge in [-0.15, -0.1) is 0 Å². The van der Waals surface area contributed by atoms with Crippen LogP contribution in [0.5, 0.6) is 0 Å². The Morgan fingerprint density at radius 2 is 0.872 bits per heavy atom. The first kappa shape index (κ1) is 45.8. The third-order valence-corrected chi connectivity index (χ3v) is 9.91. The molecule has 0 aliphatic heterocycles. The summed E-state index contributed by atoms with van der Waals surface area (Å²) in [5.41, 5.74) is 0. The first-order valence-electron chi connectivity index (χ1n) is 19.9. The van der Waals surface area contributed by atoms with Crippen molar-refractivity contribution in [3.05, 3.63) is 48.6 Å². The van der Waals surface area contributed by atoms with Gasteiger partial charge in [-0.3, -0.25) is 0 Å². The van der Waals surface area contributed by atoms with Crippen molar-refractivity contribution in [1.29, 1.82) is 0 Å². The van der Waals surface area contributed by atoms with Crippen molar-refractivity contribution in [1.82, 2.24) is 14.3 Å². The fourth-order valence-electron chi connectivity index (χ4n) is 5.68. The van der Waals surface area contributed by atoms with Crippen LogP contribution in [0.25, 0.3) is 0 Å². The van der Waals surface area contributed by atoms with Crippen LogP contribution in [0, 0.1) is 0 Å². The molecule has 0 aliphatic carbocycles. The first-order chi connectivity index (χ1) is 22.9. The summed E-state index contributed by atoms with van der Waals surface area (Å²) in [4.78, 5) is 1.99. The van der Waals surface area contributed by atoms with Gasteiger partial charge in [-0.2, -0.15) is 13.1 Å². The van der Waals surface area contributed by atoms with Crippen molar-refractivity contribution in [3.63, 3.8) is 0 Å². The van der Waals surface area contributed by atoms with Crippen LogP contribution in [0.1, 0.15) is 181 Å². The third kappa shape index (κ3) is 37.5. The summed E-state index contributed by atoms with van der Waals surface area (Å²) >= 11 is 0. The van der Waals surface area contributed by atoms with E-state index in [0.717, 1.165) is 38.5 Å². The summed E-state index contributed by atoms with van der Waals surface area (Å²) in [7, 11) is 0.452. The Morgan fingerprint density at radius 1 is 0.511 bits per heavy atom. The van der Waals surface area contributed by atoms with E-state index in [9.17, 15) is 8.42 Å². The minimum Gasteiger partial charge on any atom is -0.308 e. The van der Waals surface area contributed by atoms with E-state index in [2.05, 4.69) is 71.9 Å². The second-order valence-corrected chi connectivity index (χ2v) is 15.3. The van der Waals surface area contributed by atoms with Gasteiger partial charge in [0, 0.05) is 19.1 Å². The molecule has 0 aromatic rings. The number of likely N-dealkylation sites (N-methyl/N-ethyl adjacent to an activating group) is 1. The monoisotopic (exact) mass is 678 g/mol. The molecule has 5 nitrogen and oxygen atoms in total. The molecular weight excluding hydrogens is 599 g/mol. The smallest absolute Gasteiger partial charge is 0.277 e. The van der Waals surface area contributed by atoms with Crippen LogP contribution in [-0.4, -0.2) is 46.5 Å². The highest BCUT2D eigenvalue weighted by Crippen LogP contribution is 2.16. The summed E-state index contributed by atoms with van der Waals surface area (Å²) in [6.07, 6.45) is 50.0. The van der Waals surface area contributed by atoms with Crippen LogP contribution < -0.4 is 9.44 Å². The van der Waals surface area contributed by atoms with Crippen molar-refractivity contribution in [3.8, 4) is 0 Å². The highest BCUT2D eigenvalue weighted by molar-refractivity contribution is 7.87. The lowest BCUT2D eigenvalue weighted by Crippen LogP contribution is -2.44. The van der Waals surface area contributed by atoms with Crippen molar-refractivity contribution < 1.29 is 8.42 Å². The largest absolute Gasteiger partial charge is 0.308 e. The molecule has 0 aliphatic rings. The Labute approximate surface area is 294 Å². The van der Waals surface area contributed by atoms with Gasteiger partial charge in [0.2, 0.25) is 0 Å². The molecule has 0 bridgehead atoms. The predicted molar refractivity (Wildman–Crippen MR) is 210 cm³/mol. The molecule has 0 saturated heterocycles. The molecule has 0 aromatic carbocycles. The SMILES string of the molecule is CCCCCC=CCC=CCCCCCCCCC(CCCCCCCCC=CCC=CCCCCC)NS(=O)(=O)NCCN(C)C. The van der Waals surface area contributed by atoms with Crippen LogP contribution in [0.3, 0.4) is 0 Å². The van der Waals surface area contributed by atoms with Gasteiger partial charge in [-0.1, -0.05) is 152 Å². The zero-order valence-electron chi connectivity index (χ0n) is 31.7. The van der Waals surface area contributed by atoms with E-state index in [-0.39, 0.29) is 6.04 Å². The van der Waals surface area contributed by atoms with Gasteiger partial charge in [0.05, 0.1) is 0 Å². The Balaban J connectivity index is 4.15. The second kappa shape index (κ2) is 36.1. The van der Waals surface area contributed by atoms with Crippen molar-refractivity contribution >= 4 is 10.2 Å². The standard InChI is InChI=1S/C41H79N3O2S/c1-5-7-9-11-13-15-17-19-21-23-25-27-29-31-33-35-37-41(43-47(45,46)42-39-40-44(3)4)38-36-34-32-30-28-26-24-22-20-18-16-14-12-10-8-6-2/h13-16,19-22,41-43H,5-12,17-18,23-40H2,1-4H3. The zero-order chi connectivity index (χ0) is 34.5. The lowest BCUT2D eigenvalue weighted by Gasteiger charge is -2.20. The Kier molecular flexibility index (Phi) is 35.2. The molecular formula is C41H79N3O2S. The molecule has 0 unspecified atom stereocenters. The van der Waals surface area contributed by atoms with E-state index in [1.54, 1.807) is 0 Å². The Morgan fingerprint density at radius 3 is 1.26 bits per heavy atom. The van der Waals surface area contributed by atoms with Gasteiger partial charge >= 0.3 is 0 Å². The number of allylic oxidation sites excluding steroid dienone is 8. The Hall–Kier alpha value is -1.21. The maximum atomic E-state index is 12.7. The van der Waals surface area contributed by atoms with E-state index < -0.39 is 10.2 Å². The maximum absolute atomic E-state index is 12.7. The summed E-state index contributed by atoms with van der Waals surface area (Å²) < 4.78 is 31.1. The summed E-state index contributed by atoms with van der Waals surface area (Å²) in [6, 6.07) is 0.0310. The highest BCUT2D eigenvalue weighted by Gasteiger charge is 2.17. The van der Waals surface area contributed by atoms with Crippen LogP contribution >= 0.6 is 0 Å². The number of nitrogens with zero attached hydrogens (tertiary/aromatic N) is 1. The topological polar surface area (TPSA) is 61.4 Å². The average molecular weight is 678 g/mol. The van der Waals surface area contributed by atoms with E-state index in [0.29, 0.717) is 13.1 Å². The lowest BCUT2D eigenvalue weighted by molar-refractivity contribution is 0.409. The van der Waals surface area contributed by atoms with E-state index in [1.165, 1.54) is 128 Å². The van der Waals surface area contributed by atoms with Crippen LogP contribution in [0.4, 0.5) is 0 Å². The zero-order valence-corrected chi connectivity index (χ0v) is 32.5. The number of rotatable bonds is 36. The molecule has 0 fully saturated rings. The van der Waals surface area contributed by atoms with Gasteiger partial charge < -0.3 is 4.90 Å². The van der Waals surface area contributed by atoms with Crippen molar-refractivity contribution in [2.24, 2.45) is 0 Å². The molecule has 0 radical (unpaired) electrons. The van der Waals surface area contributed by atoms with Crippen molar-refractivity contribution in [2.45, 2.75) is 187 Å². The molecule has 276 valence electrons. The Bertz CT molecular complexity index is 816. The normalized spacial score (nSPS) is 13.5. The predicted octanol–water partition coefficient (Wildman–Crippen LogP) is 11.7. The number of unbranched alkanes of at least 4 members (excludes halogenated alkanes) is 18. The number of hydrogen-bond acceptors (Lipinski definition) is 3. The van der Waals surface area contributed by atoms with Gasteiger partial charge in [0.15, 0.2) is 0 Å². The molecule has 0 aromatic heterocycles. The summed E-state index contributed by atoms with van der Waals surface area (Å²) in [5.74, 6) is 0. The van der Waals surface area contributed by atoms with Crippen molar-refractivity contribution in [2.75, 3.05) is 27.2 Å².